The van der Waals surface area contributed by atoms with Crippen molar-refractivity contribution >= 4 is 0 Å². The van der Waals surface area contributed by atoms with E-state index in [4.69, 9.17) is 0 Å². The Kier molecular flexibility index (Phi) is 3.13. The molecule has 0 aliphatic rings. The first kappa shape index (κ1) is 11.0. The van der Waals surface area contributed by atoms with Gasteiger partial charge >= 0.3 is 0 Å². The van der Waals surface area contributed by atoms with Crippen molar-refractivity contribution in [2.75, 3.05) is 0 Å². The first-order valence-corrected chi connectivity index (χ1v) is 4.44. The number of rotatable bonds is 3. The molecule has 0 spiro atoms. The summed E-state index contributed by atoms with van der Waals surface area (Å²) >= 11 is 0. The van der Waals surface area contributed by atoms with Gasteiger partial charge in [0, 0.05) is 0 Å². The van der Waals surface area contributed by atoms with Crippen LogP contribution in [0.2, 0.25) is 0 Å². The summed E-state index contributed by atoms with van der Waals surface area (Å²) in [6, 6.07) is 0. The van der Waals surface area contributed by atoms with E-state index in [9.17, 15) is 5.11 Å². The molecule has 0 radical (unpaired) electrons. The van der Waals surface area contributed by atoms with Crippen molar-refractivity contribution < 1.29 is 5.11 Å². The van der Waals surface area contributed by atoms with E-state index in [1.165, 1.54) is 0 Å². The van der Waals surface area contributed by atoms with Crippen LogP contribution in [-0.2, 0) is 0 Å². The van der Waals surface area contributed by atoms with E-state index in [-0.39, 0.29) is 5.41 Å². The summed E-state index contributed by atoms with van der Waals surface area (Å²) in [5, 5.41) is 9.75. The largest absolute Gasteiger partial charge is 0.390 e. The molecule has 0 amide bonds. The smallest absolute Gasteiger partial charge is 0.0622 e. The monoisotopic (exact) mass is 158 g/mol. The summed E-state index contributed by atoms with van der Waals surface area (Å²) in [5.41, 5.74) is -0.322. The van der Waals surface area contributed by atoms with Gasteiger partial charge in [0.2, 0.25) is 0 Å². The molecular weight excluding hydrogens is 136 g/mol. The highest BCUT2D eigenvalue weighted by Crippen LogP contribution is 2.36. The lowest BCUT2D eigenvalue weighted by molar-refractivity contribution is -0.0301. The first-order chi connectivity index (χ1) is 4.72. The van der Waals surface area contributed by atoms with Crippen molar-refractivity contribution in [1.29, 1.82) is 0 Å². The average Bonchev–Trinajstić information content (AvgIpc) is 1.84. The standard InChI is InChI=1S/C10H22O/c1-7-9(3,4)8(2)10(5,6)11/h8,11H,7H2,1-6H3. The molecule has 0 fully saturated rings. The highest BCUT2D eigenvalue weighted by Gasteiger charge is 2.34. The maximum absolute atomic E-state index is 9.75. The zero-order valence-corrected chi connectivity index (χ0v) is 8.73. The Morgan fingerprint density at radius 2 is 1.55 bits per heavy atom. The van der Waals surface area contributed by atoms with Crippen molar-refractivity contribution in [3.63, 3.8) is 0 Å². The second-order valence-corrected chi connectivity index (χ2v) is 4.72. The first-order valence-electron chi connectivity index (χ1n) is 4.44. The topological polar surface area (TPSA) is 20.2 Å². The Bertz CT molecular complexity index is 119. The molecule has 1 unspecified atom stereocenters. The van der Waals surface area contributed by atoms with Crippen molar-refractivity contribution in [3.8, 4) is 0 Å². The van der Waals surface area contributed by atoms with Crippen molar-refractivity contribution in [2.45, 2.75) is 53.6 Å². The molecule has 0 aliphatic carbocycles. The maximum atomic E-state index is 9.75. The third-order valence-corrected chi connectivity index (χ3v) is 3.14. The lowest BCUT2D eigenvalue weighted by atomic mass is 9.70. The van der Waals surface area contributed by atoms with Crippen molar-refractivity contribution in [2.24, 2.45) is 11.3 Å². The van der Waals surface area contributed by atoms with Gasteiger partial charge in [-0.3, -0.25) is 0 Å². The minimum atomic E-state index is -0.556. The SMILES string of the molecule is CCC(C)(C)C(C)C(C)(C)O. The summed E-state index contributed by atoms with van der Waals surface area (Å²) in [6.45, 7) is 12.5. The molecule has 0 saturated carbocycles. The van der Waals surface area contributed by atoms with Crippen LogP contribution < -0.4 is 0 Å². The molecule has 0 heterocycles. The predicted octanol–water partition coefficient (Wildman–Crippen LogP) is 2.83. The van der Waals surface area contributed by atoms with E-state index in [0.717, 1.165) is 6.42 Å². The van der Waals surface area contributed by atoms with E-state index in [1.54, 1.807) is 0 Å². The van der Waals surface area contributed by atoms with Gasteiger partial charge in [0.15, 0.2) is 0 Å². The van der Waals surface area contributed by atoms with Gasteiger partial charge in [-0.05, 0) is 25.2 Å². The van der Waals surface area contributed by atoms with Gasteiger partial charge in [0.05, 0.1) is 5.60 Å². The summed E-state index contributed by atoms with van der Waals surface area (Å²) in [7, 11) is 0. The molecule has 0 saturated heterocycles. The summed E-state index contributed by atoms with van der Waals surface area (Å²) < 4.78 is 0. The van der Waals surface area contributed by atoms with Crippen LogP contribution in [0.4, 0.5) is 0 Å². The van der Waals surface area contributed by atoms with Crippen LogP contribution in [0, 0.1) is 11.3 Å². The fourth-order valence-corrected chi connectivity index (χ4v) is 1.26. The Labute approximate surface area is 70.8 Å². The molecule has 0 aromatic rings. The van der Waals surface area contributed by atoms with Crippen LogP contribution in [0.3, 0.4) is 0 Å². The molecule has 0 rings (SSSR count). The van der Waals surface area contributed by atoms with Crippen molar-refractivity contribution in [3.05, 3.63) is 0 Å². The van der Waals surface area contributed by atoms with Gasteiger partial charge in [-0.15, -0.1) is 0 Å². The van der Waals surface area contributed by atoms with Gasteiger partial charge in [0.25, 0.3) is 0 Å². The lowest BCUT2D eigenvalue weighted by Crippen LogP contribution is -2.38. The quantitative estimate of drug-likeness (QED) is 0.669. The second kappa shape index (κ2) is 3.14. The predicted molar refractivity (Wildman–Crippen MR) is 49.5 cm³/mol. The van der Waals surface area contributed by atoms with Crippen molar-refractivity contribution in [1.82, 2.24) is 0 Å². The van der Waals surface area contributed by atoms with Gasteiger partial charge in [0.1, 0.15) is 0 Å². The number of hydrogen-bond donors (Lipinski definition) is 1. The third kappa shape index (κ3) is 2.82. The molecule has 0 bridgehead atoms. The second-order valence-electron chi connectivity index (χ2n) is 4.72. The minimum absolute atomic E-state index is 0.234. The molecule has 0 aliphatic heterocycles. The van der Waals surface area contributed by atoms with Gasteiger partial charge in [-0.25, -0.2) is 0 Å². The van der Waals surface area contributed by atoms with E-state index >= 15 is 0 Å². The molecule has 0 aromatic heterocycles. The van der Waals surface area contributed by atoms with Crippen LogP contribution in [0.25, 0.3) is 0 Å². The lowest BCUT2D eigenvalue weighted by Gasteiger charge is -2.38. The molecular formula is C10H22O. The van der Waals surface area contributed by atoms with E-state index in [1.807, 2.05) is 13.8 Å². The van der Waals surface area contributed by atoms with Crippen LogP contribution in [-0.4, -0.2) is 10.7 Å². The molecule has 1 atom stereocenters. The zero-order chi connectivity index (χ0) is 9.28. The average molecular weight is 158 g/mol. The Morgan fingerprint density at radius 3 is 1.64 bits per heavy atom. The normalized spacial score (nSPS) is 16.6. The Balaban J connectivity index is 4.35. The number of hydrogen-bond acceptors (Lipinski definition) is 1. The van der Waals surface area contributed by atoms with E-state index in [2.05, 4.69) is 27.7 Å². The van der Waals surface area contributed by atoms with Crippen LogP contribution >= 0.6 is 0 Å². The summed E-state index contributed by atoms with van der Waals surface area (Å²) in [5.74, 6) is 0.333. The van der Waals surface area contributed by atoms with Gasteiger partial charge in [-0.1, -0.05) is 34.1 Å². The molecule has 1 nitrogen and oxygen atoms in total. The van der Waals surface area contributed by atoms with Gasteiger partial charge in [-0.2, -0.15) is 0 Å². The van der Waals surface area contributed by atoms with E-state index in [0.29, 0.717) is 5.92 Å². The third-order valence-electron chi connectivity index (χ3n) is 3.14. The highest BCUT2D eigenvalue weighted by molar-refractivity contribution is 4.84. The fraction of sp³-hybridized carbons (Fsp3) is 1.00. The van der Waals surface area contributed by atoms with Crippen LogP contribution in [0.5, 0.6) is 0 Å². The van der Waals surface area contributed by atoms with Gasteiger partial charge < -0.3 is 5.11 Å². The van der Waals surface area contributed by atoms with Crippen LogP contribution in [0.1, 0.15) is 48.0 Å². The van der Waals surface area contributed by atoms with E-state index < -0.39 is 5.60 Å². The number of aliphatic hydroxyl groups is 1. The van der Waals surface area contributed by atoms with Crippen LogP contribution in [0.15, 0.2) is 0 Å². The Hall–Kier alpha value is -0.0400. The molecule has 68 valence electrons. The molecule has 1 N–H and O–H groups in total. The zero-order valence-electron chi connectivity index (χ0n) is 8.73. The fourth-order valence-electron chi connectivity index (χ4n) is 1.26. The minimum Gasteiger partial charge on any atom is -0.390 e. The molecule has 0 aromatic carbocycles. The highest BCUT2D eigenvalue weighted by atomic mass is 16.3. The summed E-state index contributed by atoms with van der Waals surface area (Å²) in [6.07, 6.45) is 1.11. The Morgan fingerprint density at radius 1 is 1.18 bits per heavy atom. The molecule has 11 heavy (non-hydrogen) atoms. The summed E-state index contributed by atoms with van der Waals surface area (Å²) in [4.78, 5) is 0. The maximum Gasteiger partial charge on any atom is 0.0622 e. The molecule has 1 heteroatoms.